The van der Waals surface area contributed by atoms with Gasteiger partial charge in [0.1, 0.15) is 0 Å². The van der Waals surface area contributed by atoms with Gasteiger partial charge in [0.2, 0.25) is 0 Å². The number of piperidine rings is 2. The fraction of sp³-hybridized carbons (Fsp3) is 0.873. The van der Waals surface area contributed by atoms with Crippen LogP contribution in [-0.2, 0) is 0 Å². The van der Waals surface area contributed by atoms with Crippen LogP contribution < -0.4 is 0 Å². The highest BCUT2D eigenvalue weighted by Crippen LogP contribution is 2.27. The monoisotopic (exact) mass is 965 g/mol. The Balaban J connectivity index is 0.000000414. The summed E-state index contributed by atoms with van der Waals surface area (Å²) < 4.78 is 2.25. The van der Waals surface area contributed by atoms with Crippen LogP contribution >= 0.6 is 0 Å². The summed E-state index contributed by atoms with van der Waals surface area (Å²) in [6, 6.07) is 6.42. The van der Waals surface area contributed by atoms with Crippen LogP contribution in [0, 0.1) is 47.3 Å². The summed E-state index contributed by atoms with van der Waals surface area (Å²) in [5, 5.41) is 0. The van der Waals surface area contributed by atoms with Crippen molar-refractivity contribution in [2.75, 3.05) is 65.4 Å². The Labute approximate surface area is 434 Å². The molecule has 0 aromatic carbocycles. The van der Waals surface area contributed by atoms with Gasteiger partial charge >= 0.3 is 0 Å². The van der Waals surface area contributed by atoms with Crippen LogP contribution in [0.1, 0.15) is 222 Å². The summed E-state index contributed by atoms with van der Waals surface area (Å²) >= 11 is 0. The van der Waals surface area contributed by atoms with Gasteiger partial charge in [-0.1, -0.05) is 106 Å². The molecule has 5 aliphatic rings. The molecule has 3 fully saturated rings. The van der Waals surface area contributed by atoms with Crippen LogP contribution in [0.5, 0.6) is 0 Å². The lowest BCUT2D eigenvalue weighted by molar-refractivity contribution is 0.117. The summed E-state index contributed by atoms with van der Waals surface area (Å²) in [7, 11) is 0. The molecule has 6 nitrogen and oxygen atoms in total. The number of hydrogen-bond acceptors (Lipinski definition) is 5. The van der Waals surface area contributed by atoms with Crippen LogP contribution in [0.25, 0.3) is 0 Å². The first-order valence-corrected chi connectivity index (χ1v) is 29.4. The molecular formula is C63H124N6. The Kier molecular flexibility index (Phi) is 32.4. The third kappa shape index (κ3) is 25.9. The van der Waals surface area contributed by atoms with Crippen molar-refractivity contribution in [2.45, 2.75) is 247 Å². The molecular weight excluding hydrogens is 841 g/mol. The molecule has 1 aromatic heterocycles. The maximum Gasteiger partial charge on any atom is 0.0274 e. The maximum atomic E-state index is 2.62. The predicted molar refractivity (Wildman–Crippen MR) is 311 cm³/mol. The summed E-state index contributed by atoms with van der Waals surface area (Å²) in [6.45, 7) is 67.6. The first-order valence-electron chi connectivity index (χ1n) is 29.4. The van der Waals surface area contributed by atoms with Crippen molar-refractivity contribution in [1.82, 2.24) is 29.1 Å². The highest BCUT2D eigenvalue weighted by Gasteiger charge is 2.27. The van der Waals surface area contributed by atoms with Gasteiger partial charge in [-0.15, -0.1) is 0 Å². The molecule has 0 spiro atoms. The zero-order valence-corrected chi connectivity index (χ0v) is 51.0. The number of hydrogen-bond donors (Lipinski definition) is 0. The quantitative estimate of drug-likeness (QED) is 0.194. The topological polar surface area (TPSA) is 21.1 Å². The molecule has 0 bridgehead atoms. The average molecular weight is 966 g/mol. The van der Waals surface area contributed by atoms with E-state index in [4.69, 9.17) is 0 Å². The fourth-order valence-corrected chi connectivity index (χ4v) is 10.2. The van der Waals surface area contributed by atoms with Gasteiger partial charge in [0, 0.05) is 87.9 Å². The van der Waals surface area contributed by atoms with E-state index in [0.29, 0.717) is 24.0 Å². The van der Waals surface area contributed by atoms with Gasteiger partial charge in [-0.05, 0) is 213 Å². The zero-order valence-electron chi connectivity index (χ0n) is 51.0. The number of rotatable bonds is 12. The summed E-state index contributed by atoms with van der Waals surface area (Å²) in [5.41, 5.74) is 4.68. The van der Waals surface area contributed by atoms with Gasteiger partial charge in [-0.25, -0.2) is 0 Å². The third-order valence-corrected chi connectivity index (χ3v) is 16.5. The summed E-state index contributed by atoms with van der Waals surface area (Å²) in [5.74, 6) is 7.65. The molecule has 6 heterocycles. The van der Waals surface area contributed by atoms with Crippen LogP contribution in [-0.4, -0.2) is 125 Å². The van der Waals surface area contributed by atoms with Crippen molar-refractivity contribution >= 4 is 0 Å². The standard InChI is InChI=1S/C11H23N.C11H21N.C11H23N.C10H21N.C10H19N.C10H17N/c2*1-9(2)11-5-7-12(8-6-11)10(3)4;1-9(2)11-6-5-7-12(8-11)10(3)4;3*1-8(2)10-5-6-11(7-10)9(3)4/h9-11H,5-8H2,1-4H3;5,9-10H,6-8H2,1-4H3;9-11H,5-8H2,1-4H3;8-10H,5-7H2,1-4H3;5,8-9H,6-7H2,1-4H3;5-9H,1-4H3. The van der Waals surface area contributed by atoms with E-state index in [9.17, 15) is 0 Å². The number of likely N-dealkylation sites (tertiary alicyclic amines) is 3. The molecule has 6 rings (SSSR count). The fourth-order valence-electron chi connectivity index (χ4n) is 10.2. The van der Waals surface area contributed by atoms with Gasteiger partial charge < -0.3 is 19.3 Å². The summed E-state index contributed by atoms with van der Waals surface area (Å²) in [6.07, 6.45) is 17.5. The zero-order chi connectivity index (χ0) is 52.7. The minimum Gasteiger partial charge on any atom is -0.352 e. The SMILES string of the molecule is CC(C)C1=CCN(C(C)C)C1.CC(C)C1=CCN(C(C)C)CC1.CC(C)C1CCCN(C(C)C)C1.CC(C)C1CCN(C(C)C)C1.CC(C)C1CCN(C(C)C)CC1.CC(C)c1ccn(C(C)C)c1. The lowest BCUT2D eigenvalue weighted by Gasteiger charge is -2.37. The van der Waals surface area contributed by atoms with Gasteiger partial charge in [-0.2, -0.15) is 0 Å². The normalized spacial score (nSPS) is 21.5. The molecule has 69 heavy (non-hydrogen) atoms. The molecule has 0 radical (unpaired) electrons. The second-order valence-electron chi connectivity index (χ2n) is 25.7. The van der Waals surface area contributed by atoms with E-state index in [0.717, 1.165) is 78.6 Å². The van der Waals surface area contributed by atoms with Crippen molar-refractivity contribution in [2.24, 2.45) is 47.3 Å². The van der Waals surface area contributed by atoms with Crippen molar-refractivity contribution in [3.8, 4) is 0 Å². The van der Waals surface area contributed by atoms with E-state index in [-0.39, 0.29) is 0 Å². The Bertz CT molecular complexity index is 1410. The van der Waals surface area contributed by atoms with Crippen LogP contribution in [0.3, 0.4) is 0 Å². The Morgan fingerprint density at radius 2 is 0.812 bits per heavy atom. The smallest absolute Gasteiger partial charge is 0.0274 e. The minimum absolute atomic E-state index is 0.586. The van der Waals surface area contributed by atoms with E-state index in [1.165, 1.54) is 96.4 Å². The van der Waals surface area contributed by atoms with E-state index in [1.54, 1.807) is 11.1 Å². The number of nitrogens with zero attached hydrogens (tertiary/aromatic N) is 6. The highest BCUT2D eigenvalue weighted by molar-refractivity contribution is 5.15. The lowest BCUT2D eigenvalue weighted by Crippen LogP contribution is -2.41. The Hall–Kier alpha value is -1.44. The van der Waals surface area contributed by atoms with Gasteiger partial charge in [-0.3, -0.25) is 9.80 Å². The molecule has 5 aliphatic heterocycles. The molecule has 3 saturated heterocycles. The van der Waals surface area contributed by atoms with Crippen molar-refractivity contribution < 1.29 is 0 Å². The Morgan fingerprint density at radius 3 is 1.13 bits per heavy atom. The molecule has 2 unspecified atom stereocenters. The second kappa shape index (κ2) is 34.1. The van der Waals surface area contributed by atoms with E-state index in [2.05, 4.69) is 226 Å². The second-order valence-corrected chi connectivity index (χ2v) is 25.7. The van der Waals surface area contributed by atoms with Crippen LogP contribution in [0.2, 0.25) is 0 Å². The average Bonchev–Trinajstić information content (AvgIpc) is 4.11. The van der Waals surface area contributed by atoms with Crippen LogP contribution in [0.15, 0.2) is 41.8 Å². The lowest BCUT2D eigenvalue weighted by atomic mass is 9.86. The molecule has 2 atom stereocenters. The molecule has 0 aliphatic carbocycles. The molecule has 0 amide bonds. The van der Waals surface area contributed by atoms with Crippen LogP contribution in [0.4, 0.5) is 0 Å². The van der Waals surface area contributed by atoms with E-state index in [1.807, 2.05) is 0 Å². The molecule has 406 valence electrons. The molecule has 1 aromatic rings. The maximum absolute atomic E-state index is 2.62. The predicted octanol–water partition coefficient (Wildman–Crippen LogP) is 16.1. The molecule has 0 saturated carbocycles. The largest absolute Gasteiger partial charge is 0.352 e. The van der Waals surface area contributed by atoms with E-state index < -0.39 is 0 Å². The van der Waals surface area contributed by atoms with Crippen molar-refractivity contribution in [3.05, 3.63) is 47.3 Å². The van der Waals surface area contributed by atoms with Gasteiger partial charge in [0.25, 0.3) is 0 Å². The highest BCUT2D eigenvalue weighted by atomic mass is 15.2. The van der Waals surface area contributed by atoms with Gasteiger partial charge in [0.05, 0.1) is 0 Å². The Morgan fingerprint density at radius 1 is 0.391 bits per heavy atom. The van der Waals surface area contributed by atoms with E-state index >= 15 is 0 Å². The minimum atomic E-state index is 0.586. The van der Waals surface area contributed by atoms with Crippen molar-refractivity contribution in [3.63, 3.8) is 0 Å². The first kappa shape index (κ1) is 65.6. The first-order chi connectivity index (χ1) is 32.2. The number of aromatic nitrogens is 1. The van der Waals surface area contributed by atoms with Crippen molar-refractivity contribution in [1.29, 1.82) is 0 Å². The van der Waals surface area contributed by atoms with Gasteiger partial charge in [0.15, 0.2) is 0 Å². The third-order valence-electron chi connectivity index (χ3n) is 16.5. The summed E-state index contributed by atoms with van der Waals surface area (Å²) in [4.78, 5) is 12.8. The molecule has 6 heteroatoms. The molecule has 0 N–H and O–H groups in total.